The monoisotopic (exact) mass is 692 g/mol. The number of aromatic nitrogens is 4. The molecule has 1 atom stereocenters. The van der Waals surface area contributed by atoms with Gasteiger partial charge in [-0.25, -0.2) is 14.8 Å². The Bertz CT molecular complexity index is 1860. The zero-order valence-electron chi connectivity index (χ0n) is 31.4. The molecule has 6 rings (SSSR count). The predicted octanol–water partition coefficient (Wildman–Crippen LogP) is 7.40. The molecular formula is C41H52N6O4. The molecule has 0 saturated carbocycles. The van der Waals surface area contributed by atoms with E-state index in [9.17, 15) is 9.90 Å². The number of pyridine rings is 2. The van der Waals surface area contributed by atoms with Gasteiger partial charge in [0.2, 0.25) is 5.95 Å². The molecule has 4 aromatic rings. The lowest BCUT2D eigenvalue weighted by Gasteiger charge is -2.41. The Balaban J connectivity index is 1.44. The molecule has 0 radical (unpaired) electrons. The minimum absolute atomic E-state index is 0.204. The Hall–Kier alpha value is -4.41. The first-order valence-electron chi connectivity index (χ1n) is 18.1. The van der Waals surface area contributed by atoms with Crippen molar-refractivity contribution in [1.82, 2.24) is 19.9 Å². The maximum absolute atomic E-state index is 13.9. The van der Waals surface area contributed by atoms with Crippen molar-refractivity contribution in [3.63, 3.8) is 0 Å². The number of fused-ring (bicyclic) bond motifs is 1. The smallest absolute Gasteiger partial charge is 0.340 e. The number of aryl methyl sites for hydroxylation is 1. The molecule has 0 aliphatic carbocycles. The molecule has 0 unspecified atom stereocenters. The average Bonchev–Trinajstić information content (AvgIpc) is 3.09. The van der Waals surface area contributed by atoms with Crippen LogP contribution in [0.3, 0.4) is 0 Å². The Labute approximate surface area is 302 Å². The first-order chi connectivity index (χ1) is 24.2. The third-order valence-corrected chi connectivity index (χ3v) is 9.75. The standard InChI is InChI=1S/C41H52N6O4/c1-26(2)50-38(49)37(51-40(4,5)6)34-27(3)44-33(25-48)35(36(34)46-20-15-41(7,8)16-21-46)29-11-12-31-24-47(19-14-28(31)22-29)39-43-18-13-32(45-39)30-10-9-17-42-23-30/h9-13,17-18,22-23,26,37,48H,14-16,19-21,24-25H2,1-8H3/t37-/m0/s1. The highest BCUT2D eigenvalue weighted by molar-refractivity contribution is 5.89. The van der Waals surface area contributed by atoms with Gasteiger partial charge in [-0.15, -0.1) is 0 Å². The van der Waals surface area contributed by atoms with Crippen molar-refractivity contribution in [3.8, 4) is 22.4 Å². The molecule has 2 aliphatic rings. The number of benzene rings is 1. The van der Waals surface area contributed by atoms with E-state index in [4.69, 9.17) is 19.4 Å². The van der Waals surface area contributed by atoms with Crippen LogP contribution >= 0.6 is 0 Å². The number of anilines is 2. The van der Waals surface area contributed by atoms with Gasteiger partial charge in [0.1, 0.15) is 0 Å². The maximum Gasteiger partial charge on any atom is 0.340 e. The number of ether oxygens (including phenoxy) is 2. The van der Waals surface area contributed by atoms with Gasteiger partial charge in [-0.1, -0.05) is 32.0 Å². The van der Waals surface area contributed by atoms with Crippen LogP contribution in [-0.4, -0.2) is 62.4 Å². The van der Waals surface area contributed by atoms with E-state index >= 15 is 0 Å². The van der Waals surface area contributed by atoms with E-state index in [0.717, 1.165) is 67.0 Å². The van der Waals surface area contributed by atoms with Gasteiger partial charge in [0, 0.05) is 67.2 Å². The molecule has 10 heteroatoms. The van der Waals surface area contributed by atoms with E-state index < -0.39 is 17.7 Å². The van der Waals surface area contributed by atoms with Gasteiger partial charge in [-0.3, -0.25) is 9.97 Å². The molecule has 51 heavy (non-hydrogen) atoms. The van der Waals surface area contributed by atoms with Crippen LogP contribution in [0.2, 0.25) is 0 Å². The van der Waals surface area contributed by atoms with E-state index in [0.29, 0.717) is 29.4 Å². The van der Waals surface area contributed by atoms with E-state index in [-0.39, 0.29) is 18.1 Å². The third kappa shape index (κ3) is 8.23. The lowest BCUT2D eigenvalue weighted by Crippen LogP contribution is -2.39. The van der Waals surface area contributed by atoms with Crippen LogP contribution in [0.25, 0.3) is 22.4 Å². The van der Waals surface area contributed by atoms with Crippen LogP contribution in [0.5, 0.6) is 0 Å². The molecular weight excluding hydrogens is 640 g/mol. The Kier molecular flexibility index (Phi) is 10.5. The van der Waals surface area contributed by atoms with E-state index in [1.807, 2.05) is 65.9 Å². The molecule has 270 valence electrons. The zero-order chi connectivity index (χ0) is 36.5. The summed E-state index contributed by atoms with van der Waals surface area (Å²) in [7, 11) is 0. The van der Waals surface area contributed by atoms with Crippen molar-refractivity contribution >= 4 is 17.6 Å². The summed E-state index contributed by atoms with van der Waals surface area (Å²) in [5.41, 5.74) is 8.43. The van der Waals surface area contributed by atoms with E-state index in [1.165, 1.54) is 11.1 Å². The molecule has 1 saturated heterocycles. The van der Waals surface area contributed by atoms with Crippen LogP contribution < -0.4 is 9.80 Å². The normalized spacial score (nSPS) is 16.6. The number of nitrogens with zero attached hydrogens (tertiary/aromatic N) is 6. The Morgan fingerprint density at radius 3 is 2.41 bits per heavy atom. The highest BCUT2D eigenvalue weighted by Crippen LogP contribution is 2.46. The molecule has 5 heterocycles. The molecule has 0 amide bonds. The van der Waals surface area contributed by atoms with Crippen molar-refractivity contribution in [2.45, 2.75) is 106 Å². The second-order valence-electron chi connectivity index (χ2n) is 15.8. The number of aliphatic hydroxyl groups is 1. The predicted molar refractivity (Wildman–Crippen MR) is 200 cm³/mol. The molecule has 2 aliphatic heterocycles. The molecule has 10 nitrogen and oxygen atoms in total. The second kappa shape index (κ2) is 14.7. The van der Waals surface area contributed by atoms with Crippen LogP contribution in [0.1, 0.15) is 95.5 Å². The summed E-state index contributed by atoms with van der Waals surface area (Å²) in [6, 6.07) is 12.3. The first-order valence-corrected chi connectivity index (χ1v) is 18.1. The van der Waals surface area contributed by atoms with Crippen molar-refractivity contribution in [3.05, 3.63) is 83.1 Å². The minimum atomic E-state index is -0.995. The molecule has 0 spiro atoms. The average molecular weight is 693 g/mol. The number of rotatable bonds is 9. The molecule has 1 aromatic carbocycles. The number of aliphatic hydroxyl groups excluding tert-OH is 1. The van der Waals surface area contributed by atoms with Crippen LogP contribution in [-0.2, 0) is 33.8 Å². The number of hydrogen-bond donors (Lipinski definition) is 1. The van der Waals surface area contributed by atoms with Gasteiger partial charge >= 0.3 is 5.97 Å². The number of esters is 1. The number of carbonyl (C=O) groups excluding carboxylic acids is 1. The van der Waals surface area contributed by atoms with E-state index in [2.05, 4.69) is 51.8 Å². The van der Waals surface area contributed by atoms with Gasteiger partial charge in [-0.05, 0) is 101 Å². The fourth-order valence-electron chi connectivity index (χ4n) is 7.08. The van der Waals surface area contributed by atoms with Crippen LogP contribution in [0.15, 0.2) is 55.0 Å². The van der Waals surface area contributed by atoms with Crippen molar-refractivity contribution in [2.75, 3.05) is 29.4 Å². The summed E-state index contributed by atoms with van der Waals surface area (Å²) in [4.78, 5) is 37.2. The lowest BCUT2D eigenvalue weighted by atomic mass is 9.81. The molecule has 0 bridgehead atoms. The fourth-order valence-corrected chi connectivity index (χ4v) is 7.08. The highest BCUT2D eigenvalue weighted by Gasteiger charge is 2.38. The number of hydrogen-bond acceptors (Lipinski definition) is 10. The van der Waals surface area contributed by atoms with Gasteiger partial charge in [0.25, 0.3) is 0 Å². The van der Waals surface area contributed by atoms with Gasteiger partial charge in [-0.2, -0.15) is 0 Å². The van der Waals surface area contributed by atoms with E-state index in [1.54, 1.807) is 12.4 Å². The summed E-state index contributed by atoms with van der Waals surface area (Å²) < 4.78 is 12.4. The largest absolute Gasteiger partial charge is 0.461 e. The van der Waals surface area contributed by atoms with Gasteiger partial charge in [0.05, 0.1) is 35.4 Å². The van der Waals surface area contributed by atoms with Crippen molar-refractivity contribution < 1.29 is 19.4 Å². The summed E-state index contributed by atoms with van der Waals surface area (Å²) in [5, 5.41) is 10.8. The molecule has 3 aromatic heterocycles. The van der Waals surface area contributed by atoms with Crippen molar-refractivity contribution in [2.24, 2.45) is 5.41 Å². The Morgan fingerprint density at radius 2 is 1.75 bits per heavy atom. The number of piperidine rings is 1. The van der Waals surface area contributed by atoms with Gasteiger partial charge < -0.3 is 24.4 Å². The van der Waals surface area contributed by atoms with Gasteiger partial charge in [0.15, 0.2) is 6.10 Å². The van der Waals surface area contributed by atoms with Crippen LogP contribution in [0.4, 0.5) is 11.6 Å². The molecule has 1 N–H and O–H groups in total. The quantitative estimate of drug-likeness (QED) is 0.178. The maximum atomic E-state index is 13.9. The SMILES string of the molecule is Cc1nc(CO)c(-c2ccc3c(c2)CCN(c2nccc(-c4cccnc4)n2)C3)c(N2CCC(C)(C)CC2)c1[C@H](OC(C)(C)C)C(=O)OC(C)C. The highest BCUT2D eigenvalue weighted by atomic mass is 16.6. The summed E-state index contributed by atoms with van der Waals surface area (Å²) >= 11 is 0. The Morgan fingerprint density at radius 1 is 0.980 bits per heavy atom. The fraction of sp³-hybridized carbons (Fsp3) is 0.488. The molecule has 1 fully saturated rings. The minimum Gasteiger partial charge on any atom is -0.461 e. The topological polar surface area (TPSA) is 114 Å². The third-order valence-electron chi connectivity index (χ3n) is 9.75. The summed E-state index contributed by atoms with van der Waals surface area (Å²) in [6.45, 7) is 18.9. The number of carbonyl (C=O) groups is 1. The summed E-state index contributed by atoms with van der Waals surface area (Å²) in [5.74, 6) is 0.251. The first kappa shape index (κ1) is 36.4. The van der Waals surface area contributed by atoms with Crippen molar-refractivity contribution in [1.29, 1.82) is 0 Å². The second-order valence-corrected chi connectivity index (χ2v) is 15.8. The lowest BCUT2D eigenvalue weighted by molar-refractivity contribution is -0.171. The van der Waals surface area contributed by atoms with Crippen LogP contribution in [0, 0.1) is 12.3 Å². The summed E-state index contributed by atoms with van der Waals surface area (Å²) in [6.07, 6.45) is 6.86. The zero-order valence-corrected chi connectivity index (χ0v) is 31.4.